The Morgan fingerprint density at radius 2 is 1.72 bits per heavy atom. The van der Waals surface area contributed by atoms with E-state index in [2.05, 4.69) is 66.4 Å². The van der Waals surface area contributed by atoms with Crippen LogP contribution in [0.4, 0.5) is 23.7 Å². The molecule has 1 N–H and O–H groups in total. The lowest BCUT2D eigenvalue weighted by Gasteiger charge is -2.13. The lowest BCUT2D eigenvalue weighted by molar-refractivity contribution is -0.137. The van der Waals surface area contributed by atoms with Gasteiger partial charge < -0.3 is 10.1 Å². The second-order valence-corrected chi connectivity index (χ2v) is 12.4. The molecule has 1 saturated heterocycles. The average molecular weight is 843 g/mol. The fourth-order valence-electron chi connectivity index (χ4n) is 3.44. The molecule has 0 bridgehead atoms. The van der Waals surface area contributed by atoms with Gasteiger partial charge in [-0.05, 0) is 117 Å². The highest BCUT2D eigenvalue weighted by molar-refractivity contribution is 14.1. The number of carbonyl (C=O) groups excluding carboxylic acids is 3. The van der Waals surface area contributed by atoms with E-state index >= 15 is 0 Å². The quantitative estimate of drug-likeness (QED) is 0.193. The van der Waals surface area contributed by atoms with Crippen LogP contribution in [0, 0.1) is 7.14 Å². The molecule has 0 radical (unpaired) electrons. The SMILES string of the molecule is O=C(CN1C(=O)S/C(=C\c2cc(I)c(OCc3ccc(Br)cc3)c(I)c2)C1=O)Nc1cccc(C(F)(F)F)c1. The number of benzene rings is 3. The van der Waals surface area contributed by atoms with Crippen molar-refractivity contribution in [2.45, 2.75) is 12.8 Å². The summed E-state index contributed by atoms with van der Waals surface area (Å²) in [6, 6.07) is 15.5. The van der Waals surface area contributed by atoms with Crippen LogP contribution >= 0.6 is 72.9 Å². The van der Waals surface area contributed by atoms with Crippen LogP contribution in [0.25, 0.3) is 6.08 Å². The molecule has 13 heteroatoms. The van der Waals surface area contributed by atoms with Gasteiger partial charge in [0.05, 0.1) is 17.6 Å². The Morgan fingerprint density at radius 1 is 1.05 bits per heavy atom. The first-order valence-electron chi connectivity index (χ1n) is 11.0. The molecule has 202 valence electrons. The number of nitrogens with zero attached hydrogens (tertiary/aromatic N) is 1. The summed E-state index contributed by atoms with van der Waals surface area (Å²) in [7, 11) is 0. The minimum Gasteiger partial charge on any atom is -0.487 e. The topological polar surface area (TPSA) is 75.7 Å². The van der Waals surface area contributed by atoms with Crippen molar-refractivity contribution in [1.82, 2.24) is 4.90 Å². The van der Waals surface area contributed by atoms with E-state index in [1.807, 2.05) is 36.4 Å². The number of ether oxygens (including phenoxy) is 1. The Hall–Kier alpha value is -2.11. The van der Waals surface area contributed by atoms with Crippen molar-refractivity contribution in [1.29, 1.82) is 0 Å². The molecule has 0 atom stereocenters. The number of carbonyl (C=O) groups is 3. The van der Waals surface area contributed by atoms with Crippen LogP contribution in [0.15, 0.2) is 70.0 Å². The van der Waals surface area contributed by atoms with Crippen molar-refractivity contribution in [2.75, 3.05) is 11.9 Å². The molecule has 1 aliphatic heterocycles. The van der Waals surface area contributed by atoms with Crippen LogP contribution in [0.1, 0.15) is 16.7 Å². The summed E-state index contributed by atoms with van der Waals surface area (Å²) in [6.07, 6.45) is -3.02. The van der Waals surface area contributed by atoms with Gasteiger partial charge in [0.25, 0.3) is 11.1 Å². The van der Waals surface area contributed by atoms with E-state index in [4.69, 9.17) is 4.74 Å². The summed E-state index contributed by atoms with van der Waals surface area (Å²) in [6.45, 7) is -0.254. The monoisotopic (exact) mass is 842 g/mol. The van der Waals surface area contributed by atoms with Crippen molar-refractivity contribution >= 4 is 102 Å². The predicted octanol–water partition coefficient (Wildman–Crippen LogP) is 7.93. The number of nitrogens with one attached hydrogen (secondary N) is 1. The molecule has 0 unspecified atom stereocenters. The third kappa shape index (κ3) is 7.76. The zero-order valence-corrected chi connectivity index (χ0v) is 26.2. The molecular weight excluding hydrogens is 827 g/mol. The lowest BCUT2D eigenvalue weighted by atomic mass is 10.2. The van der Waals surface area contributed by atoms with E-state index in [0.29, 0.717) is 29.7 Å². The summed E-state index contributed by atoms with van der Waals surface area (Å²) >= 11 is 8.35. The first-order chi connectivity index (χ1) is 18.4. The summed E-state index contributed by atoms with van der Waals surface area (Å²) in [5.41, 5.74) is 0.644. The number of imide groups is 1. The first-order valence-corrected chi connectivity index (χ1v) is 14.8. The lowest BCUT2D eigenvalue weighted by Crippen LogP contribution is -2.36. The van der Waals surface area contributed by atoms with Crippen molar-refractivity contribution in [3.05, 3.63) is 93.9 Å². The summed E-state index contributed by atoms with van der Waals surface area (Å²) in [5, 5.41) is 1.65. The molecule has 0 spiro atoms. The van der Waals surface area contributed by atoms with Gasteiger partial charge in [-0.2, -0.15) is 13.2 Å². The second kappa shape index (κ2) is 12.6. The van der Waals surface area contributed by atoms with Crippen LogP contribution in [0.3, 0.4) is 0 Å². The van der Waals surface area contributed by atoms with E-state index in [1.165, 1.54) is 6.07 Å². The van der Waals surface area contributed by atoms with Gasteiger partial charge in [0.1, 0.15) is 18.9 Å². The number of amides is 3. The number of halogens is 6. The van der Waals surface area contributed by atoms with Gasteiger partial charge in [-0.1, -0.05) is 34.1 Å². The number of thioether (sulfide) groups is 1. The number of hydrogen-bond acceptors (Lipinski definition) is 5. The maximum absolute atomic E-state index is 12.9. The average Bonchev–Trinajstić information content (AvgIpc) is 3.11. The molecule has 1 aliphatic rings. The van der Waals surface area contributed by atoms with E-state index in [1.54, 1.807) is 6.08 Å². The highest BCUT2D eigenvalue weighted by Crippen LogP contribution is 2.35. The van der Waals surface area contributed by atoms with Crippen molar-refractivity contribution in [3.8, 4) is 5.75 Å². The van der Waals surface area contributed by atoms with Crippen LogP contribution in [-0.4, -0.2) is 28.5 Å². The number of anilines is 1. The normalized spacial score (nSPS) is 14.7. The summed E-state index contributed by atoms with van der Waals surface area (Å²) in [5.74, 6) is -0.769. The van der Waals surface area contributed by atoms with Crippen molar-refractivity contribution < 1.29 is 32.3 Å². The van der Waals surface area contributed by atoms with Crippen LogP contribution in [0.2, 0.25) is 0 Å². The van der Waals surface area contributed by atoms with E-state index in [0.717, 1.165) is 40.3 Å². The molecule has 0 aliphatic carbocycles. The van der Waals surface area contributed by atoms with Crippen LogP contribution in [0.5, 0.6) is 5.75 Å². The second-order valence-electron chi connectivity index (χ2n) is 8.12. The molecule has 3 amide bonds. The zero-order valence-electron chi connectivity index (χ0n) is 19.5. The molecule has 1 heterocycles. The van der Waals surface area contributed by atoms with E-state index in [9.17, 15) is 27.6 Å². The van der Waals surface area contributed by atoms with Gasteiger partial charge in [-0.15, -0.1) is 0 Å². The van der Waals surface area contributed by atoms with Crippen LogP contribution in [-0.2, 0) is 22.4 Å². The Kier molecular flexibility index (Phi) is 9.65. The molecule has 3 aromatic carbocycles. The van der Waals surface area contributed by atoms with Gasteiger partial charge >= 0.3 is 6.18 Å². The molecule has 39 heavy (non-hydrogen) atoms. The molecule has 0 aromatic heterocycles. The molecule has 4 rings (SSSR count). The minimum atomic E-state index is -4.57. The maximum Gasteiger partial charge on any atom is 0.416 e. The Bertz CT molecular complexity index is 1460. The van der Waals surface area contributed by atoms with E-state index < -0.39 is 35.3 Å². The highest BCUT2D eigenvalue weighted by Gasteiger charge is 2.36. The number of rotatable bonds is 7. The summed E-state index contributed by atoms with van der Waals surface area (Å²) in [4.78, 5) is 38.6. The van der Waals surface area contributed by atoms with Crippen LogP contribution < -0.4 is 10.1 Å². The zero-order chi connectivity index (χ0) is 28.3. The molecular formula is C26H16BrF3I2N2O4S. The van der Waals surface area contributed by atoms with Gasteiger partial charge in [0.2, 0.25) is 5.91 Å². The molecule has 0 saturated carbocycles. The van der Waals surface area contributed by atoms with Crippen molar-refractivity contribution in [3.63, 3.8) is 0 Å². The van der Waals surface area contributed by atoms with Gasteiger partial charge in [0, 0.05) is 10.2 Å². The Morgan fingerprint density at radius 3 is 2.36 bits per heavy atom. The largest absolute Gasteiger partial charge is 0.487 e. The summed E-state index contributed by atoms with van der Waals surface area (Å²) < 4.78 is 47.4. The highest BCUT2D eigenvalue weighted by atomic mass is 127. The Labute approximate surface area is 261 Å². The molecule has 3 aromatic rings. The standard InChI is InChI=1S/C26H16BrF3I2N2O4S/c27-17-6-4-14(5-7-17)13-38-23-19(31)8-15(9-20(23)32)10-21-24(36)34(25(37)39-21)12-22(35)33-18-3-1-2-16(11-18)26(28,29)30/h1-11H,12-13H2,(H,33,35)/b21-10-. The molecule has 6 nitrogen and oxygen atoms in total. The van der Waals surface area contributed by atoms with Gasteiger partial charge in [-0.3, -0.25) is 19.3 Å². The third-order valence-electron chi connectivity index (χ3n) is 5.26. The number of alkyl halides is 3. The fourth-order valence-corrected chi connectivity index (χ4v) is 6.67. The van der Waals surface area contributed by atoms with Gasteiger partial charge in [-0.25, -0.2) is 0 Å². The van der Waals surface area contributed by atoms with Gasteiger partial charge in [0.15, 0.2) is 0 Å². The predicted molar refractivity (Wildman–Crippen MR) is 163 cm³/mol. The smallest absolute Gasteiger partial charge is 0.416 e. The van der Waals surface area contributed by atoms with E-state index in [-0.39, 0.29) is 10.6 Å². The fraction of sp³-hybridized carbons (Fsp3) is 0.115. The molecule has 1 fully saturated rings. The Balaban J connectivity index is 1.42. The van der Waals surface area contributed by atoms with Crippen molar-refractivity contribution in [2.24, 2.45) is 0 Å². The first kappa shape index (κ1) is 29.9. The maximum atomic E-state index is 12.9. The number of hydrogen-bond donors (Lipinski definition) is 1. The minimum absolute atomic E-state index is 0.0936. The third-order valence-corrected chi connectivity index (χ3v) is 8.30.